The van der Waals surface area contributed by atoms with Crippen LogP contribution >= 0.6 is 12.2 Å². The molecule has 36 heavy (non-hydrogen) atoms. The van der Waals surface area contributed by atoms with Gasteiger partial charge in [-0.3, -0.25) is 4.98 Å². The molecule has 1 fully saturated rings. The summed E-state index contributed by atoms with van der Waals surface area (Å²) in [5, 5.41) is 4.41. The van der Waals surface area contributed by atoms with Gasteiger partial charge in [0, 0.05) is 48.6 Å². The predicted octanol–water partition coefficient (Wildman–Crippen LogP) is 5.26. The first-order chi connectivity index (χ1) is 17.3. The maximum Gasteiger partial charge on any atom is 0.170 e. The summed E-state index contributed by atoms with van der Waals surface area (Å²) in [6.07, 6.45) is 2.92. The lowest BCUT2D eigenvalue weighted by Crippen LogP contribution is -2.32. The van der Waals surface area contributed by atoms with Crippen LogP contribution in [-0.2, 0) is 0 Å². The SMILES string of the molecule is CCN(CC)c1ccc(-n2c(C)cc(C3C(c4ccccn4)NC(=S)N3CCCN(C)C)c2C)cc1. The van der Waals surface area contributed by atoms with Crippen molar-refractivity contribution in [3.05, 3.63) is 77.4 Å². The van der Waals surface area contributed by atoms with Crippen LogP contribution in [0.3, 0.4) is 0 Å². The van der Waals surface area contributed by atoms with Gasteiger partial charge in [0.1, 0.15) is 0 Å². The van der Waals surface area contributed by atoms with E-state index in [1.807, 2.05) is 12.3 Å². The number of nitrogens with one attached hydrogen (secondary N) is 1. The van der Waals surface area contributed by atoms with Gasteiger partial charge in [0.25, 0.3) is 0 Å². The third-order valence-corrected chi connectivity index (χ3v) is 7.58. The lowest BCUT2D eigenvalue weighted by molar-refractivity contribution is 0.292. The molecule has 4 rings (SSSR count). The highest BCUT2D eigenvalue weighted by molar-refractivity contribution is 7.80. The van der Waals surface area contributed by atoms with E-state index in [1.165, 1.54) is 28.3 Å². The molecule has 0 saturated carbocycles. The van der Waals surface area contributed by atoms with Gasteiger partial charge >= 0.3 is 0 Å². The average Bonchev–Trinajstić information content (AvgIpc) is 3.35. The van der Waals surface area contributed by atoms with Gasteiger partial charge in [0.05, 0.1) is 17.8 Å². The van der Waals surface area contributed by atoms with E-state index < -0.39 is 0 Å². The Morgan fingerprint density at radius 1 is 1.03 bits per heavy atom. The smallest absolute Gasteiger partial charge is 0.170 e. The molecule has 2 aromatic heterocycles. The van der Waals surface area contributed by atoms with E-state index in [1.54, 1.807) is 0 Å². The highest BCUT2D eigenvalue weighted by Crippen LogP contribution is 2.41. The van der Waals surface area contributed by atoms with Crippen molar-refractivity contribution >= 4 is 23.0 Å². The summed E-state index contributed by atoms with van der Waals surface area (Å²) in [5.74, 6) is 0. The summed E-state index contributed by atoms with van der Waals surface area (Å²) < 4.78 is 2.37. The van der Waals surface area contributed by atoms with E-state index in [2.05, 4.69) is 109 Å². The van der Waals surface area contributed by atoms with E-state index in [0.717, 1.165) is 43.4 Å². The second-order valence-corrected chi connectivity index (χ2v) is 10.2. The quantitative estimate of drug-likeness (QED) is 0.380. The van der Waals surface area contributed by atoms with Gasteiger partial charge in [-0.05, 0) is 115 Å². The summed E-state index contributed by atoms with van der Waals surface area (Å²) in [4.78, 5) is 11.7. The number of thiocarbonyl (C=S) groups is 1. The Bertz CT molecular complexity index is 1150. The van der Waals surface area contributed by atoms with Crippen molar-refractivity contribution in [2.75, 3.05) is 45.2 Å². The van der Waals surface area contributed by atoms with Crippen molar-refractivity contribution in [2.24, 2.45) is 0 Å². The van der Waals surface area contributed by atoms with E-state index in [9.17, 15) is 0 Å². The first kappa shape index (κ1) is 26.2. The lowest BCUT2D eigenvalue weighted by Gasteiger charge is -2.28. The molecule has 7 heteroatoms. The maximum absolute atomic E-state index is 5.87. The average molecular weight is 505 g/mol. The van der Waals surface area contributed by atoms with E-state index in [0.29, 0.717) is 0 Å². The van der Waals surface area contributed by atoms with Crippen LogP contribution in [0.1, 0.15) is 55.0 Å². The van der Waals surface area contributed by atoms with Gasteiger partial charge in [-0.25, -0.2) is 0 Å². The number of hydrogen-bond acceptors (Lipinski definition) is 4. The number of benzene rings is 1. The zero-order valence-corrected chi connectivity index (χ0v) is 23.3. The number of hydrogen-bond donors (Lipinski definition) is 1. The van der Waals surface area contributed by atoms with Crippen LogP contribution in [0, 0.1) is 13.8 Å². The largest absolute Gasteiger partial charge is 0.372 e. The first-order valence-electron chi connectivity index (χ1n) is 13.0. The van der Waals surface area contributed by atoms with Crippen molar-refractivity contribution in [3.63, 3.8) is 0 Å². The summed E-state index contributed by atoms with van der Waals surface area (Å²) in [7, 11) is 4.24. The Balaban J connectivity index is 1.72. The highest BCUT2D eigenvalue weighted by Gasteiger charge is 2.41. The minimum Gasteiger partial charge on any atom is -0.372 e. The third-order valence-electron chi connectivity index (χ3n) is 7.23. The molecule has 1 aromatic carbocycles. The minimum atomic E-state index is 0.0112. The fourth-order valence-electron chi connectivity index (χ4n) is 5.43. The Hall–Kier alpha value is -2.90. The summed E-state index contributed by atoms with van der Waals surface area (Å²) in [6, 6.07) is 17.5. The molecule has 192 valence electrons. The van der Waals surface area contributed by atoms with E-state index in [4.69, 9.17) is 17.2 Å². The van der Waals surface area contributed by atoms with Gasteiger partial charge in [-0.2, -0.15) is 0 Å². The van der Waals surface area contributed by atoms with Gasteiger partial charge in [-0.15, -0.1) is 0 Å². The predicted molar refractivity (Wildman–Crippen MR) is 154 cm³/mol. The normalized spacial score (nSPS) is 17.6. The third kappa shape index (κ3) is 5.27. The Morgan fingerprint density at radius 2 is 1.75 bits per heavy atom. The zero-order chi connectivity index (χ0) is 25.8. The Morgan fingerprint density at radius 3 is 2.36 bits per heavy atom. The molecule has 1 aliphatic rings. The molecule has 2 atom stereocenters. The number of pyridine rings is 1. The monoisotopic (exact) mass is 504 g/mol. The molecule has 3 aromatic rings. The molecule has 1 saturated heterocycles. The summed E-state index contributed by atoms with van der Waals surface area (Å²) in [5.41, 5.74) is 7.25. The zero-order valence-electron chi connectivity index (χ0n) is 22.5. The molecule has 0 spiro atoms. The fraction of sp³-hybridized carbons (Fsp3) is 0.448. The van der Waals surface area contributed by atoms with E-state index >= 15 is 0 Å². The van der Waals surface area contributed by atoms with Crippen molar-refractivity contribution in [1.82, 2.24) is 24.7 Å². The van der Waals surface area contributed by atoms with Crippen LogP contribution in [0.25, 0.3) is 5.69 Å². The fourth-order valence-corrected chi connectivity index (χ4v) is 5.76. The Kier molecular flexibility index (Phi) is 8.32. The number of anilines is 1. The van der Waals surface area contributed by atoms with Crippen LogP contribution in [0.4, 0.5) is 5.69 Å². The van der Waals surface area contributed by atoms with Crippen molar-refractivity contribution in [1.29, 1.82) is 0 Å². The summed E-state index contributed by atoms with van der Waals surface area (Å²) in [6.45, 7) is 12.8. The lowest BCUT2D eigenvalue weighted by atomic mass is 9.96. The standard InChI is InChI=1S/C29H40N6S/c1-7-33(8-2)23-13-15-24(16-14-23)35-21(3)20-25(22(35)4)28-27(26-12-9-10-17-30-26)31-29(36)34(28)19-11-18-32(5)6/h9-10,12-17,20,27-28H,7-8,11,18-19H2,1-6H3,(H,31,36). The van der Waals surface area contributed by atoms with Gasteiger partial charge < -0.3 is 24.6 Å². The van der Waals surface area contributed by atoms with Crippen LogP contribution in [0.15, 0.2) is 54.7 Å². The van der Waals surface area contributed by atoms with Crippen LogP contribution in [0.5, 0.6) is 0 Å². The van der Waals surface area contributed by atoms with Crippen LogP contribution < -0.4 is 10.2 Å². The van der Waals surface area contributed by atoms with Crippen LogP contribution in [-0.4, -0.2) is 64.7 Å². The molecule has 1 aliphatic heterocycles. The second kappa shape index (κ2) is 11.4. The number of aromatic nitrogens is 2. The molecule has 1 N–H and O–H groups in total. The molecule has 3 heterocycles. The minimum absolute atomic E-state index is 0.0112. The van der Waals surface area contributed by atoms with E-state index in [-0.39, 0.29) is 12.1 Å². The number of rotatable bonds is 10. The molecule has 0 radical (unpaired) electrons. The molecular weight excluding hydrogens is 464 g/mol. The molecule has 2 unspecified atom stereocenters. The van der Waals surface area contributed by atoms with Crippen molar-refractivity contribution in [3.8, 4) is 5.69 Å². The van der Waals surface area contributed by atoms with Gasteiger partial charge in [0.15, 0.2) is 5.11 Å². The van der Waals surface area contributed by atoms with Crippen LogP contribution in [0.2, 0.25) is 0 Å². The molecule has 0 aliphatic carbocycles. The Labute approximate surface area is 221 Å². The summed E-state index contributed by atoms with van der Waals surface area (Å²) >= 11 is 5.87. The van der Waals surface area contributed by atoms with Crippen molar-refractivity contribution in [2.45, 2.75) is 46.2 Å². The first-order valence-corrected chi connectivity index (χ1v) is 13.4. The number of nitrogens with zero attached hydrogens (tertiary/aromatic N) is 5. The molecular formula is C29H40N6S. The van der Waals surface area contributed by atoms with Gasteiger partial charge in [-0.1, -0.05) is 6.07 Å². The van der Waals surface area contributed by atoms with Crippen molar-refractivity contribution < 1.29 is 0 Å². The highest BCUT2D eigenvalue weighted by atomic mass is 32.1. The topological polar surface area (TPSA) is 39.6 Å². The number of aryl methyl sites for hydroxylation is 1. The molecule has 0 bridgehead atoms. The second-order valence-electron chi connectivity index (χ2n) is 9.83. The molecule has 0 amide bonds. The van der Waals surface area contributed by atoms with Gasteiger partial charge in [0.2, 0.25) is 0 Å². The molecule has 6 nitrogen and oxygen atoms in total. The maximum atomic E-state index is 5.87.